The van der Waals surface area contributed by atoms with Gasteiger partial charge in [-0.15, -0.1) is 11.3 Å². The molecule has 1 aromatic heterocycles. The Bertz CT molecular complexity index is 1300. The number of nitrogens with zero attached hydrogens (tertiary/aromatic N) is 2. The summed E-state index contributed by atoms with van der Waals surface area (Å²) in [6.45, 7) is 1.34. The quantitative estimate of drug-likeness (QED) is 0.336. The number of rotatable bonds is 7. The summed E-state index contributed by atoms with van der Waals surface area (Å²) in [5.41, 5.74) is 4.30. The molecule has 0 radical (unpaired) electrons. The van der Waals surface area contributed by atoms with Crippen LogP contribution in [0.5, 0.6) is 0 Å². The molecule has 3 aromatic carbocycles. The van der Waals surface area contributed by atoms with Gasteiger partial charge >= 0.3 is 0 Å². The minimum absolute atomic E-state index is 0.183. The van der Waals surface area contributed by atoms with E-state index in [4.69, 9.17) is 11.4 Å². The number of nitrogens with one attached hydrogen (secondary N) is 1. The van der Waals surface area contributed by atoms with Crippen LogP contribution < -0.4 is 5.32 Å². The van der Waals surface area contributed by atoms with E-state index in [0.29, 0.717) is 13.1 Å². The van der Waals surface area contributed by atoms with Gasteiger partial charge in [0, 0.05) is 31.7 Å². The van der Waals surface area contributed by atoms with E-state index in [1.54, 1.807) is 35.6 Å². The summed E-state index contributed by atoms with van der Waals surface area (Å²) in [6, 6.07) is 25.4. The maximum atomic E-state index is 12.2. The standard InChI is InChI=1S/C24H21N3O2S2/c1-3-27(2)31(28,29)21-14-10-19(11-15-21)17-25-16-18-8-12-20(13-9-18)24-26-22-6-4-5-7-23(22)30-24/h1,4-15,25H,16-17H2,2H3. The number of terminal acetylenes is 1. The van der Waals surface area contributed by atoms with Gasteiger partial charge in [0.25, 0.3) is 10.0 Å². The van der Waals surface area contributed by atoms with Gasteiger partial charge < -0.3 is 5.32 Å². The van der Waals surface area contributed by atoms with Crippen molar-refractivity contribution in [3.63, 3.8) is 0 Å². The summed E-state index contributed by atoms with van der Waals surface area (Å²) < 4.78 is 26.5. The summed E-state index contributed by atoms with van der Waals surface area (Å²) in [5, 5.41) is 4.41. The normalized spacial score (nSPS) is 11.4. The van der Waals surface area contributed by atoms with Crippen LogP contribution in [0.4, 0.5) is 0 Å². The van der Waals surface area contributed by atoms with Crippen LogP contribution in [0.25, 0.3) is 20.8 Å². The first-order chi connectivity index (χ1) is 15.0. The molecule has 7 heteroatoms. The molecule has 31 heavy (non-hydrogen) atoms. The van der Waals surface area contributed by atoms with Crippen LogP contribution in [-0.4, -0.2) is 24.8 Å². The van der Waals surface area contributed by atoms with Crippen molar-refractivity contribution in [2.45, 2.75) is 18.0 Å². The number of aromatic nitrogens is 1. The van der Waals surface area contributed by atoms with E-state index in [-0.39, 0.29) is 4.90 Å². The SMILES string of the molecule is C#CN(C)S(=O)(=O)c1ccc(CNCc2ccc(-c3nc4ccccc4s3)cc2)cc1. The molecule has 0 saturated carbocycles. The number of hydrogen-bond donors (Lipinski definition) is 1. The van der Waals surface area contributed by atoms with Gasteiger partial charge in [0.15, 0.2) is 0 Å². The highest BCUT2D eigenvalue weighted by atomic mass is 32.2. The summed E-state index contributed by atoms with van der Waals surface area (Å²) in [5.74, 6) is 0. The largest absolute Gasteiger partial charge is 0.309 e. The van der Waals surface area contributed by atoms with Gasteiger partial charge in [-0.25, -0.2) is 17.7 Å². The van der Waals surface area contributed by atoms with Crippen molar-refractivity contribution in [2.24, 2.45) is 0 Å². The average Bonchev–Trinajstić information content (AvgIpc) is 3.23. The molecule has 5 nitrogen and oxygen atoms in total. The molecule has 1 N–H and O–H groups in total. The van der Waals surface area contributed by atoms with Gasteiger partial charge in [-0.05, 0) is 35.4 Å². The van der Waals surface area contributed by atoms with Gasteiger partial charge in [-0.1, -0.05) is 55.0 Å². The van der Waals surface area contributed by atoms with Crippen molar-refractivity contribution >= 4 is 31.6 Å². The van der Waals surface area contributed by atoms with Crippen molar-refractivity contribution in [1.29, 1.82) is 0 Å². The predicted molar refractivity (Wildman–Crippen MR) is 126 cm³/mol. The smallest absolute Gasteiger partial charge is 0.270 e. The van der Waals surface area contributed by atoms with Crippen LogP contribution in [0.3, 0.4) is 0 Å². The van der Waals surface area contributed by atoms with Crippen LogP contribution in [-0.2, 0) is 23.1 Å². The number of hydrogen-bond acceptors (Lipinski definition) is 5. The molecule has 0 aliphatic rings. The average molecular weight is 448 g/mol. The van der Waals surface area contributed by atoms with E-state index in [0.717, 1.165) is 26.0 Å². The van der Waals surface area contributed by atoms with Crippen molar-refractivity contribution in [3.05, 3.63) is 83.9 Å². The summed E-state index contributed by atoms with van der Waals surface area (Å²) in [4.78, 5) is 4.88. The van der Waals surface area contributed by atoms with Gasteiger partial charge in [0.05, 0.1) is 15.1 Å². The van der Waals surface area contributed by atoms with E-state index < -0.39 is 10.0 Å². The van der Waals surface area contributed by atoms with Crippen molar-refractivity contribution in [2.75, 3.05) is 7.05 Å². The first kappa shape index (κ1) is 21.1. The highest BCUT2D eigenvalue weighted by molar-refractivity contribution is 7.89. The lowest BCUT2D eigenvalue weighted by Gasteiger charge is -2.12. The number of thiazole rings is 1. The lowest BCUT2D eigenvalue weighted by Crippen LogP contribution is -2.21. The molecule has 1 heterocycles. The molecule has 0 aliphatic carbocycles. The molecule has 4 aromatic rings. The second kappa shape index (κ2) is 8.90. The van der Waals surface area contributed by atoms with E-state index in [1.165, 1.54) is 17.3 Å². The molecule has 0 bridgehead atoms. The third-order valence-electron chi connectivity index (χ3n) is 4.92. The van der Waals surface area contributed by atoms with E-state index >= 15 is 0 Å². The van der Waals surface area contributed by atoms with Gasteiger partial charge in [-0.2, -0.15) is 0 Å². The molecule has 0 aliphatic heterocycles. The van der Waals surface area contributed by atoms with Crippen molar-refractivity contribution in [1.82, 2.24) is 14.6 Å². The molecule has 0 amide bonds. The molecule has 4 rings (SSSR count). The fourth-order valence-corrected chi connectivity index (χ4v) is 5.02. The summed E-state index contributed by atoms with van der Waals surface area (Å²) in [7, 11) is -2.28. The maximum absolute atomic E-state index is 12.2. The molecule has 0 saturated heterocycles. The Kier molecular flexibility index (Phi) is 6.05. The van der Waals surface area contributed by atoms with Gasteiger partial charge in [0.1, 0.15) is 5.01 Å². The number of fused-ring (bicyclic) bond motifs is 1. The zero-order valence-electron chi connectivity index (χ0n) is 16.9. The van der Waals surface area contributed by atoms with Crippen LogP contribution in [0, 0.1) is 12.5 Å². The highest BCUT2D eigenvalue weighted by Gasteiger charge is 2.17. The highest BCUT2D eigenvalue weighted by Crippen LogP contribution is 2.30. The topological polar surface area (TPSA) is 62.3 Å². The van der Waals surface area contributed by atoms with Crippen molar-refractivity contribution in [3.8, 4) is 23.0 Å². The summed E-state index contributed by atoms with van der Waals surface area (Å²) >= 11 is 1.69. The van der Waals surface area contributed by atoms with E-state index in [9.17, 15) is 8.42 Å². The molecule has 0 atom stereocenters. The zero-order chi connectivity index (χ0) is 21.8. The Morgan fingerprint density at radius 2 is 1.58 bits per heavy atom. The Morgan fingerprint density at radius 1 is 0.968 bits per heavy atom. The molecule has 0 fully saturated rings. The number of para-hydroxylation sites is 1. The summed E-state index contributed by atoms with van der Waals surface area (Å²) in [6.07, 6.45) is 5.19. The lowest BCUT2D eigenvalue weighted by molar-refractivity contribution is 0.547. The lowest BCUT2D eigenvalue weighted by atomic mass is 10.1. The Labute approximate surface area is 186 Å². The third-order valence-corrected chi connectivity index (χ3v) is 7.70. The molecule has 156 valence electrons. The zero-order valence-corrected chi connectivity index (χ0v) is 18.6. The monoisotopic (exact) mass is 447 g/mol. The first-order valence-corrected chi connectivity index (χ1v) is 11.9. The second-order valence-corrected chi connectivity index (χ2v) is 10.0. The van der Waals surface area contributed by atoms with E-state index in [1.807, 2.05) is 18.2 Å². The van der Waals surface area contributed by atoms with E-state index in [2.05, 4.69) is 41.7 Å². The Balaban J connectivity index is 1.35. The van der Waals surface area contributed by atoms with Gasteiger partial charge in [-0.3, -0.25) is 0 Å². The fourth-order valence-electron chi connectivity index (χ4n) is 3.12. The Morgan fingerprint density at radius 3 is 2.19 bits per heavy atom. The first-order valence-electron chi connectivity index (χ1n) is 9.67. The van der Waals surface area contributed by atoms with Gasteiger partial charge in [0.2, 0.25) is 0 Å². The maximum Gasteiger partial charge on any atom is 0.270 e. The predicted octanol–water partition coefficient (Wildman–Crippen LogP) is 4.46. The van der Waals surface area contributed by atoms with Crippen LogP contribution in [0.15, 0.2) is 77.7 Å². The number of sulfonamides is 1. The molecular formula is C24H21N3O2S2. The second-order valence-electron chi connectivity index (χ2n) is 7.03. The minimum Gasteiger partial charge on any atom is -0.309 e. The third kappa shape index (κ3) is 4.62. The molecule has 0 unspecified atom stereocenters. The Hall–Kier alpha value is -3.18. The number of benzene rings is 3. The van der Waals surface area contributed by atoms with Crippen LogP contribution in [0.1, 0.15) is 11.1 Å². The van der Waals surface area contributed by atoms with Crippen LogP contribution >= 0.6 is 11.3 Å². The fraction of sp³-hybridized carbons (Fsp3) is 0.125. The van der Waals surface area contributed by atoms with Crippen molar-refractivity contribution < 1.29 is 8.42 Å². The van der Waals surface area contributed by atoms with Crippen LogP contribution in [0.2, 0.25) is 0 Å². The minimum atomic E-state index is -3.63. The molecule has 0 spiro atoms. The molecular weight excluding hydrogens is 426 g/mol.